The van der Waals surface area contributed by atoms with Gasteiger partial charge in [-0.15, -0.1) is 0 Å². The SMILES string of the molecule is C=C(C=C(Cl)C(F)=CC)CNC(=O)N(CC)C1CCN(Cc2ccccc2)C1. The van der Waals surface area contributed by atoms with E-state index in [1.165, 1.54) is 17.7 Å². The van der Waals surface area contributed by atoms with E-state index in [9.17, 15) is 9.18 Å². The summed E-state index contributed by atoms with van der Waals surface area (Å²) in [7, 11) is 0. The number of allylic oxidation sites excluding steroid dienone is 3. The Bertz CT molecular complexity index is 733. The molecule has 0 saturated carbocycles. The number of nitrogens with one attached hydrogen (secondary N) is 1. The maximum atomic E-state index is 13.4. The van der Waals surface area contributed by atoms with E-state index in [-0.39, 0.29) is 23.6 Å². The Kier molecular flexibility index (Phi) is 8.74. The number of halogens is 2. The highest BCUT2D eigenvalue weighted by Gasteiger charge is 2.29. The maximum Gasteiger partial charge on any atom is 0.317 e. The molecular weight excluding hydrogens is 377 g/mol. The zero-order chi connectivity index (χ0) is 20.5. The minimum atomic E-state index is -0.506. The molecule has 1 atom stereocenters. The molecule has 1 saturated heterocycles. The first-order chi connectivity index (χ1) is 13.4. The van der Waals surface area contributed by atoms with Gasteiger partial charge in [-0.3, -0.25) is 4.90 Å². The lowest BCUT2D eigenvalue weighted by molar-refractivity contribution is 0.177. The third-order valence-electron chi connectivity index (χ3n) is 4.82. The number of amides is 2. The highest BCUT2D eigenvalue weighted by molar-refractivity contribution is 6.31. The second-order valence-electron chi connectivity index (χ2n) is 6.90. The van der Waals surface area contributed by atoms with Gasteiger partial charge in [0.2, 0.25) is 0 Å². The van der Waals surface area contributed by atoms with Crippen LogP contribution in [-0.4, -0.2) is 48.1 Å². The number of likely N-dealkylation sites (tertiary alicyclic amines) is 1. The van der Waals surface area contributed by atoms with Gasteiger partial charge in [0, 0.05) is 38.8 Å². The molecule has 4 nitrogen and oxygen atoms in total. The molecule has 1 aromatic rings. The van der Waals surface area contributed by atoms with Crippen LogP contribution in [0.1, 0.15) is 25.8 Å². The maximum absolute atomic E-state index is 13.4. The Morgan fingerprint density at radius 1 is 1.43 bits per heavy atom. The molecule has 2 rings (SSSR count). The molecule has 1 aliphatic rings. The molecule has 1 unspecified atom stereocenters. The van der Waals surface area contributed by atoms with E-state index in [0.717, 1.165) is 26.1 Å². The molecule has 0 aromatic heterocycles. The van der Waals surface area contributed by atoms with Gasteiger partial charge in [-0.05, 0) is 37.5 Å². The summed E-state index contributed by atoms with van der Waals surface area (Å²) in [4.78, 5) is 16.9. The van der Waals surface area contributed by atoms with Gasteiger partial charge in [0.25, 0.3) is 0 Å². The molecule has 0 spiro atoms. The molecule has 152 valence electrons. The first-order valence-corrected chi connectivity index (χ1v) is 10.00. The number of rotatable bonds is 8. The Morgan fingerprint density at radius 3 is 2.79 bits per heavy atom. The number of hydrogen-bond acceptors (Lipinski definition) is 2. The Morgan fingerprint density at radius 2 is 2.14 bits per heavy atom. The minimum Gasteiger partial charge on any atom is -0.334 e. The lowest BCUT2D eigenvalue weighted by Gasteiger charge is -2.28. The summed E-state index contributed by atoms with van der Waals surface area (Å²) >= 11 is 5.85. The molecule has 1 aliphatic heterocycles. The molecule has 1 N–H and O–H groups in total. The molecule has 1 aromatic carbocycles. The van der Waals surface area contributed by atoms with Gasteiger partial charge in [0.15, 0.2) is 0 Å². The summed E-state index contributed by atoms with van der Waals surface area (Å²) in [5, 5.41) is 2.85. The number of nitrogens with zero attached hydrogens (tertiary/aromatic N) is 2. The summed E-state index contributed by atoms with van der Waals surface area (Å²) in [5.74, 6) is -0.506. The first-order valence-electron chi connectivity index (χ1n) is 9.62. The fraction of sp³-hybridized carbons (Fsp3) is 0.409. The topological polar surface area (TPSA) is 35.6 Å². The fourth-order valence-corrected chi connectivity index (χ4v) is 3.61. The number of urea groups is 1. The summed E-state index contributed by atoms with van der Waals surface area (Å²) in [6.45, 7) is 11.0. The lowest BCUT2D eigenvalue weighted by Crippen LogP contribution is -2.47. The van der Waals surface area contributed by atoms with E-state index in [4.69, 9.17) is 11.6 Å². The third kappa shape index (κ3) is 6.50. The average molecular weight is 406 g/mol. The molecule has 0 bridgehead atoms. The quantitative estimate of drug-likeness (QED) is 0.628. The monoisotopic (exact) mass is 405 g/mol. The van der Waals surface area contributed by atoms with Gasteiger partial charge in [-0.1, -0.05) is 54.6 Å². The lowest BCUT2D eigenvalue weighted by atomic mass is 10.2. The van der Waals surface area contributed by atoms with Gasteiger partial charge in [0.1, 0.15) is 5.83 Å². The number of carbonyl (C=O) groups is 1. The second-order valence-corrected chi connectivity index (χ2v) is 7.30. The van der Waals surface area contributed by atoms with Crippen molar-refractivity contribution in [2.24, 2.45) is 0 Å². The second kappa shape index (κ2) is 11.0. The number of likely N-dealkylation sites (N-methyl/N-ethyl adjacent to an activating group) is 1. The molecule has 6 heteroatoms. The van der Waals surface area contributed by atoms with Crippen molar-refractivity contribution < 1.29 is 9.18 Å². The Hall–Kier alpha value is -2.11. The highest BCUT2D eigenvalue weighted by Crippen LogP contribution is 2.19. The summed E-state index contributed by atoms with van der Waals surface area (Å²) in [6.07, 6.45) is 3.67. The van der Waals surface area contributed by atoms with Crippen LogP contribution in [0.4, 0.5) is 9.18 Å². The largest absolute Gasteiger partial charge is 0.334 e. The van der Waals surface area contributed by atoms with Gasteiger partial charge in [-0.25, -0.2) is 9.18 Å². The van der Waals surface area contributed by atoms with Gasteiger partial charge < -0.3 is 10.2 Å². The smallest absolute Gasteiger partial charge is 0.317 e. The van der Waals surface area contributed by atoms with Crippen molar-refractivity contribution >= 4 is 17.6 Å². The van der Waals surface area contributed by atoms with Gasteiger partial charge in [0.05, 0.1) is 5.03 Å². The predicted molar refractivity (Wildman–Crippen MR) is 114 cm³/mol. The van der Waals surface area contributed by atoms with Crippen LogP contribution in [0, 0.1) is 0 Å². The first kappa shape index (κ1) is 22.2. The van der Waals surface area contributed by atoms with E-state index < -0.39 is 5.83 Å². The summed E-state index contributed by atoms with van der Waals surface area (Å²) < 4.78 is 13.4. The van der Waals surface area contributed by atoms with Crippen molar-refractivity contribution in [1.29, 1.82) is 0 Å². The molecule has 0 radical (unpaired) electrons. The van der Waals surface area contributed by atoms with Crippen molar-refractivity contribution in [3.63, 3.8) is 0 Å². The molecule has 1 fully saturated rings. The Balaban J connectivity index is 1.85. The number of benzene rings is 1. The molecule has 0 aliphatic carbocycles. The van der Waals surface area contributed by atoms with Crippen LogP contribution in [0.3, 0.4) is 0 Å². The van der Waals surface area contributed by atoms with Crippen molar-refractivity contribution in [2.75, 3.05) is 26.2 Å². The minimum absolute atomic E-state index is 0.0126. The van der Waals surface area contributed by atoms with E-state index in [1.807, 2.05) is 30.0 Å². The van der Waals surface area contributed by atoms with Crippen LogP contribution < -0.4 is 5.32 Å². The highest BCUT2D eigenvalue weighted by atomic mass is 35.5. The molecule has 2 amide bonds. The van der Waals surface area contributed by atoms with Crippen LogP contribution in [0.25, 0.3) is 0 Å². The van der Waals surface area contributed by atoms with E-state index in [2.05, 4.69) is 28.9 Å². The predicted octanol–water partition coefficient (Wildman–Crippen LogP) is 4.84. The standard InChI is InChI=1S/C22H29ClFN3O/c1-4-21(24)20(23)13-17(3)14-25-22(28)27(5-2)19-11-12-26(16-19)15-18-9-7-6-8-10-18/h4,6-10,13,19H,3,5,11-12,14-16H2,1-2H3,(H,25,28). The van der Waals surface area contributed by atoms with Crippen molar-refractivity contribution in [3.8, 4) is 0 Å². The van der Waals surface area contributed by atoms with Crippen LogP contribution in [-0.2, 0) is 6.54 Å². The van der Waals surface area contributed by atoms with E-state index >= 15 is 0 Å². The van der Waals surface area contributed by atoms with Crippen molar-refractivity contribution in [2.45, 2.75) is 32.9 Å². The number of carbonyl (C=O) groups excluding carboxylic acids is 1. The van der Waals surface area contributed by atoms with Gasteiger partial charge in [-0.2, -0.15) is 0 Å². The van der Waals surface area contributed by atoms with Gasteiger partial charge >= 0.3 is 6.03 Å². The van der Waals surface area contributed by atoms with Crippen molar-refractivity contribution in [1.82, 2.24) is 15.1 Å². The van der Waals surface area contributed by atoms with Crippen LogP contribution in [0.15, 0.2) is 65.5 Å². The van der Waals surface area contributed by atoms with E-state index in [1.54, 1.807) is 6.92 Å². The third-order valence-corrected chi connectivity index (χ3v) is 5.11. The summed E-state index contributed by atoms with van der Waals surface area (Å²) in [6, 6.07) is 10.4. The molecule has 28 heavy (non-hydrogen) atoms. The number of hydrogen-bond donors (Lipinski definition) is 1. The molecular formula is C22H29ClFN3O. The molecule has 1 heterocycles. The normalized spacial score (nSPS) is 18.2. The zero-order valence-electron chi connectivity index (χ0n) is 16.6. The zero-order valence-corrected chi connectivity index (χ0v) is 17.4. The van der Waals surface area contributed by atoms with Crippen LogP contribution >= 0.6 is 11.6 Å². The average Bonchev–Trinajstić information content (AvgIpc) is 3.15. The Labute approximate surface area is 172 Å². The summed E-state index contributed by atoms with van der Waals surface area (Å²) in [5.41, 5.74) is 1.83. The van der Waals surface area contributed by atoms with Crippen LogP contribution in [0.2, 0.25) is 0 Å². The van der Waals surface area contributed by atoms with Crippen molar-refractivity contribution in [3.05, 3.63) is 71.1 Å². The fourth-order valence-electron chi connectivity index (χ4n) is 3.35. The van der Waals surface area contributed by atoms with E-state index in [0.29, 0.717) is 12.1 Å². The van der Waals surface area contributed by atoms with Crippen LogP contribution in [0.5, 0.6) is 0 Å².